The molecule has 1 saturated heterocycles. The second-order valence-electron chi connectivity index (χ2n) is 7.34. The van der Waals surface area contributed by atoms with Gasteiger partial charge in [-0.3, -0.25) is 19.3 Å². The molecule has 1 fully saturated rings. The van der Waals surface area contributed by atoms with Gasteiger partial charge in [-0.1, -0.05) is 48.9 Å². The summed E-state index contributed by atoms with van der Waals surface area (Å²) >= 11 is 6.04. The Morgan fingerprint density at radius 1 is 1.09 bits per heavy atom. The molecule has 0 bridgehead atoms. The quantitative estimate of drug-likeness (QED) is 0.410. The van der Waals surface area contributed by atoms with Crippen LogP contribution >= 0.6 is 11.6 Å². The van der Waals surface area contributed by atoms with E-state index in [9.17, 15) is 19.2 Å². The van der Waals surface area contributed by atoms with Crippen LogP contribution in [0.1, 0.15) is 18.9 Å². The van der Waals surface area contributed by atoms with E-state index in [4.69, 9.17) is 25.8 Å². The smallest absolute Gasteiger partial charge is 0.326 e. The maximum atomic E-state index is 13.1. The molecule has 2 N–H and O–H groups in total. The number of rotatable bonds is 9. The molecule has 180 valence electrons. The Morgan fingerprint density at radius 3 is 2.38 bits per heavy atom. The summed E-state index contributed by atoms with van der Waals surface area (Å²) in [5.41, 5.74) is -0.395. The highest BCUT2D eigenvalue weighted by molar-refractivity contribution is 6.32. The van der Waals surface area contributed by atoms with Crippen LogP contribution < -0.4 is 20.1 Å². The number of nitrogens with one attached hydrogen (secondary N) is 2. The summed E-state index contributed by atoms with van der Waals surface area (Å²) in [6.45, 7) is 0.482. The van der Waals surface area contributed by atoms with E-state index >= 15 is 0 Å². The summed E-state index contributed by atoms with van der Waals surface area (Å²) in [6.07, 6.45) is 0.294. The molecule has 11 heteroatoms. The van der Waals surface area contributed by atoms with Crippen molar-refractivity contribution < 1.29 is 33.4 Å². The highest BCUT2D eigenvalue weighted by Gasteiger charge is 2.51. The zero-order chi connectivity index (χ0) is 24.9. The fraction of sp³-hybridized carbons (Fsp3) is 0.304. The van der Waals surface area contributed by atoms with E-state index in [0.29, 0.717) is 17.7 Å². The number of nitrogens with zero attached hydrogens (tertiary/aromatic N) is 1. The third-order valence-electron chi connectivity index (χ3n) is 5.37. The van der Waals surface area contributed by atoms with E-state index in [1.165, 1.54) is 26.4 Å². The van der Waals surface area contributed by atoms with Gasteiger partial charge in [-0.2, -0.15) is 0 Å². The molecule has 3 rings (SSSR count). The number of amides is 4. The van der Waals surface area contributed by atoms with E-state index in [0.717, 1.165) is 4.90 Å². The molecule has 0 aromatic heterocycles. The molecular weight excluding hydrogens is 466 g/mol. The number of carbonyl (C=O) groups excluding carboxylic acids is 4. The minimum atomic E-state index is -1.26. The van der Waals surface area contributed by atoms with Crippen LogP contribution in [-0.2, 0) is 24.7 Å². The number of imide groups is 1. The van der Waals surface area contributed by atoms with Gasteiger partial charge in [0.15, 0.2) is 6.61 Å². The summed E-state index contributed by atoms with van der Waals surface area (Å²) in [6, 6.07) is 11.0. The lowest BCUT2D eigenvalue weighted by atomic mass is 9.87. The molecule has 4 amide bonds. The average Bonchev–Trinajstić information content (AvgIpc) is 3.09. The highest BCUT2D eigenvalue weighted by atomic mass is 35.5. The number of ether oxygens (including phenoxy) is 3. The van der Waals surface area contributed by atoms with Crippen molar-refractivity contribution >= 4 is 41.1 Å². The fourth-order valence-electron chi connectivity index (χ4n) is 3.60. The molecule has 34 heavy (non-hydrogen) atoms. The second-order valence-corrected chi connectivity index (χ2v) is 7.75. The molecule has 0 saturated carbocycles. The first-order chi connectivity index (χ1) is 16.2. The molecule has 0 radical (unpaired) electrons. The first-order valence-electron chi connectivity index (χ1n) is 10.3. The Kier molecular flexibility index (Phi) is 7.62. The predicted molar refractivity (Wildman–Crippen MR) is 123 cm³/mol. The van der Waals surface area contributed by atoms with Gasteiger partial charge in [0.05, 0.1) is 24.9 Å². The molecule has 2 aromatic rings. The van der Waals surface area contributed by atoms with Crippen LogP contribution in [0.4, 0.5) is 10.5 Å². The number of anilines is 1. The summed E-state index contributed by atoms with van der Waals surface area (Å²) in [5, 5.41) is 5.50. The zero-order valence-electron chi connectivity index (χ0n) is 18.8. The Hall–Kier alpha value is -3.79. The van der Waals surface area contributed by atoms with Crippen molar-refractivity contribution in [1.82, 2.24) is 10.2 Å². The molecular formula is C23H24ClN3O7. The van der Waals surface area contributed by atoms with Gasteiger partial charge in [-0.25, -0.2) is 4.79 Å². The van der Waals surface area contributed by atoms with E-state index in [1.807, 2.05) is 0 Å². The van der Waals surface area contributed by atoms with Crippen molar-refractivity contribution in [3.05, 3.63) is 53.1 Å². The Balaban J connectivity index is 1.62. The molecule has 2 aromatic carbocycles. The number of benzene rings is 2. The van der Waals surface area contributed by atoms with Crippen molar-refractivity contribution in [3.8, 4) is 11.5 Å². The summed E-state index contributed by atoms with van der Waals surface area (Å²) < 4.78 is 15.3. The van der Waals surface area contributed by atoms with Crippen LogP contribution in [0.15, 0.2) is 42.5 Å². The monoisotopic (exact) mass is 489 g/mol. The number of urea groups is 1. The van der Waals surface area contributed by atoms with E-state index in [1.54, 1.807) is 37.3 Å². The normalized spacial score (nSPS) is 17.2. The predicted octanol–water partition coefficient (Wildman–Crippen LogP) is 2.70. The van der Waals surface area contributed by atoms with Crippen molar-refractivity contribution in [2.75, 3.05) is 32.7 Å². The average molecular weight is 490 g/mol. The van der Waals surface area contributed by atoms with Crippen molar-refractivity contribution in [1.29, 1.82) is 0 Å². The number of halogens is 1. The van der Waals surface area contributed by atoms with E-state index in [2.05, 4.69) is 10.6 Å². The van der Waals surface area contributed by atoms with Crippen molar-refractivity contribution in [2.45, 2.75) is 18.9 Å². The third-order valence-corrected chi connectivity index (χ3v) is 5.67. The topological polar surface area (TPSA) is 123 Å². The Bertz CT molecular complexity index is 1110. The lowest BCUT2D eigenvalue weighted by molar-refractivity contribution is -0.150. The molecule has 1 aliphatic heterocycles. The highest BCUT2D eigenvalue weighted by Crippen LogP contribution is 2.36. The van der Waals surface area contributed by atoms with Gasteiger partial charge >= 0.3 is 12.0 Å². The first kappa shape index (κ1) is 24.8. The van der Waals surface area contributed by atoms with Gasteiger partial charge in [-0.15, -0.1) is 0 Å². The first-order valence-corrected chi connectivity index (χ1v) is 10.7. The molecule has 10 nitrogen and oxygen atoms in total. The second kappa shape index (κ2) is 10.4. The summed E-state index contributed by atoms with van der Waals surface area (Å²) in [4.78, 5) is 50.9. The van der Waals surface area contributed by atoms with E-state index < -0.39 is 42.5 Å². The zero-order valence-corrected chi connectivity index (χ0v) is 19.6. The van der Waals surface area contributed by atoms with Crippen LogP contribution in [0.5, 0.6) is 11.5 Å². The van der Waals surface area contributed by atoms with Gasteiger partial charge in [0, 0.05) is 12.1 Å². The van der Waals surface area contributed by atoms with Crippen molar-refractivity contribution in [2.24, 2.45) is 0 Å². The SMILES string of the molecule is CCC1(c2ccccc2)NC(=O)N(CC(=O)OCC(=O)Nc2cc(OC)c(Cl)cc2OC)C1=O. The Labute approximate surface area is 201 Å². The Morgan fingerprint density at radius 2 is 1.76 bits per heavy atom. The van der Waals surface area contributed by atoms with Crippen molar-refractivity contribution in [3.63, 3.8) is 0 Å². The van der Waals surface area contributed by atoms with Gasteiger partial charge in [0.25, 0.3) is 11.8 Å². The van der Waals surface area contributed by atoms with Gasteiger partial charge in [0.2, 0.25) is 0 Å². The molecule has 1 atom stereocenters. The summed E-state index contributed by atoms with van der Waals surface area (Å²) in [5.74, 6) is -1.56. The molecule has 1 heterocycles. The maximum absolute atomic E-state index is 13.1. The van der Waals surface area contributed by atoms with Crippen LogP contribution in [0.3, 0.4) is 0 Å². The molecule has 0 spiro atoms. The van der Waals surface area contributed by atoms with Crippen LogP contribution in [-0.4, -0.2) is 56.1 Å². The summed E-state index contributed by atoms with van der Waals surface area (Å²) in [7, 11) is 2.82. The molecule has 1 aliphatic rings. The minimum Gasteiger partial charge on any atom is -0.495 e. The third kappa shape index (κ3) is 4.91. The van der Waals surface area contributed by atoms with Crippen LogP contribution in [0, 0.1) is 0 Å². The molecule has 1 unspecified atom stereocenters. The van der Waals surface area contributed by atoms with Crippen LogP contribution in [0.2, 0.25) is 5.02 Å². The fourth-order valence-corrected chi connectivity index (χ4v) is 3.83. The number of methoxy groups -OCH3 is 2. The maximum Gasteiger partial charge on any atom is 0.326 e. The number of hydrogen-bond donors (Lipinski definition) is 2. The van der Waals surface area contributed by atoms with Gasteiger partial charge < -0.3 is 24.8 Å². The minimum absolute atomic E-state index is 0.259. The van der Waals surface area contributed by atoms with Crippen LogP contribution in [0.25, 0.3) is 0 Å². The standard InChI is InChI=1S/C23H24ClN3O7/c1-4-23(14-8-6-5-7-9-14)21(30)27(22(31)26-23)12-20(29)34-13-19(28)25-16-11-17(32-2)15(24)10-18(16)33-3/h5-11H,4,12-13H2,1-3H3,(H,25,28)(H,26,31). The number of carbonyl (C=O) groups is 4. The van der Waals surface area contributed by atoms with E-state index in [-0.39, 0.29) is 16.5 Å². The number of esters is 1. The number of hydrogen-bond acceptors (Lipinski definition) is 7. The van der Waals surface area contributed by atoms with Gasteiger partial charge in [0.1, 0.15) is 23.6 Å². The lowest BCUT2D eigenvalue weighted by Crippen LogP contribution is -2.44. The lowest BCUT2D eigenvalue weighted by Gasteiger charge is -2.25. The largest absolute Gasteiger partial charge is 0.495 e. The van der Waals surface area contributed by atoms with Gasteiger partial charge in [-0.05, 0) is 12.0 Å². The molecule has 0 aliphatic carbocycles.